The molecule has 20 heavy (non-hydrogen) atoms. The normalized spacial score (nSPS) is 11.1. The molecule has 3 nitrogen and oxygen atoms in total. The Morgan fingerprint density at radius 2 is 2.15 bits per heavy atom. The highest BCUT2D eigenvalue weighted by Crippen LogP contribution is 2.26. The van der Waals surface area contributed by atoms with Crippen LogP contribution >= 0.6 is 39.5 Å². The number of nitrogens with zero attached hydrogens (tertiary/aromatic N) is 2. The number of rotatable bonds is 4. The van der Waals surface area contributed by atoms with E-state index in [-0.39, 0.29) is 0 Å². The minimum atomic E-state index is 0.465. The van der Waals surface area contributed by atoms with Crippen molar-refractivity contribution in [1.82, 2.24) is 9.55 Å². The molecule has 102 valence electrons. The Morgan fingerprint density at radius 3 is 2.85 bits per heavy atom. The second kappa shape index (κ2) is 5.63. The summed E-state index contributed by atoms with van der Waals surface area (Å²) in [5.74, 6) is 0.916. The lowest BCUT2D eigenvalue weighted by Crippen LogP contribution is -2.15. The van der Waals surface area contributed by atoms with Gasteiger partial charge in [0.15, 0.2) is 0 Å². The van der Waals surface area contributed by atoms with Crippen molar-refractivity contribution < 1.29 is 0 Å². The monoisotopic (exact) mass is 365 g/mol. The van der Waals surface area contributed by atoms with Gasteiger partial charge in [-0.05, 0) is 39.5 Å². The van der Waals surface area contributed by atoms with Crippen molar-refractivity contribution in [2.45, 2.75) is 13.0 Å². The lowest BCUT2D eigenvalue weighted by atomic mass is 10.3. The first-order chi connectivity index (χ1) is 9.65. The van der Waals surface area contributed by atoms with Crippen LogP contribution < -0.4 is 5.73 Å². The van der Waals surface area contributed by atoms with Crippen molar-refractivity contribution in [2.75, 3.05) is 0 Å². The third-order valence-electron chi connectivity index (χ3n) is 3.06. The van der Waals surface area contributed by atoms with Crippen molar-refractivity contribution >= 4 is 55.5 Å². The van der Waals surface area contributed by atoms with Gasteiger partial charge in [0.05, 0.1) is 29.0 Å². The standard InChI is InChI=1S/C14H12BrN3S2/c15-9-5-6-20-12(9)8-18-11-4-2-1-3-10(11)17-14(18)7-13(16)19/h1-6H,7-8H2,(H2,16,19). The first kappa shape index (κ1) is 13.7. The van der Waals surface area contributed by atoms with E-state index in [9.17, 15) is 0 Å². The molecule has 0 amide bonds. The topological polar surface area (TPSA) is 43.8 Å². The van der Waals surface area contributed by atoms with Crippen molar-refractivity contribution in [3.05, 3.63) is 50.9 Å². The smallest absolute Gasteiger partial charge is 0.117 e. The fraction of sp³-hybridized carbons (Fsp3) is 0.143. The van der Waals surface area contributed by atoms with Gasteiger partial charge in [-0.2, -0.15) is 0 Å². The SMILES string of the molecule is NC(=S)Cc1nc2ccccc2n1Cc1sccc1Br. The molecule has 2 N–H and O–H groups in total. The number of fused-ring (bicyclic) bond motifs is 1. The molecular weight excluding hydrogens is 354 g/mol. The minimum absolute atomic E-state index is 0.465. The summed E-state index contributed by atoms with van der Waals surface area (Å²) in [6.07, 6.45) is 0.521. The van der Waals surface area contributed by atoms with Crippen LogP contribution in [0.4, 0.5) is 0 Å². The van der Waals surface area contributed by atoms with E-state index in [1.807, 2.05) is 18.2 Å². The zero-order chi connectivity index (χ0) is 14.1. The summed E-state index contributed by atoms with van der Waals surface area (Å²) < 4.78 is 3.31. The number of halogens is 1. The Kier molecular flexibility index (Phi) is 3.87. The second-order valence-electron chi connectivity index (χ2n) is 4.44. The van der Waals surface area contributed by atoms with Gasteiger partial charge < -0.3 is 10.3 Å². The number of thiophene rings is 1. The molecule has 0 aliphatic heterocycles. The summed E-state index contributed by atoms with van der Waals surface area (Å²) in [5, 5.41) is 2.08. The molecule has 0 bridgehead atoms. The van der Waals surface area contributed by atoms with Crippen molar-refractivity contribution in [3.8, 4) is 0 Å². The quantitative estimate of drug-likeness (QED) is 0.716. The molecule has 1 aromatic carbocycles. The van der Waals surface area contributed by atoms with Crippen LogP contribution in [-0.4, -0.2) is 14.5 Å². The number of benzene rings is 1. The molecule has 0 aliphatic rings. The highest BCUT2D eigenvalue weighted by molar-refractivity contribution is 9.10. The molecule has 0 spiro atoms. The van der Waals surface area contributed by atoms with E-state index in [2.05, 4.69) is 43.0 Å². The van der Waals surface area contributed by atoms with Gasteiger partial charge in [0.25, 0.3) is 0 Å². The van der Waals surface area contributed by atoms with Crippen LogP contribution in [-0.2, 0) is 13.0 Å². The molecule has 0 aliphatic carbocycles. The Hall–Kier alpha value is -1.24. The maximum absolute atomic E-state index is 5.69. The number of imidazole rings is 1. The number of hydrogen-bond donors (Lipinski definition) is 1. The van der Waals surface area contributed by atoms with E-state index in [1.54, 1.807) is 11.3 Å². The van der Waals surface area contributed by atoms with Crippen LogP contribution in [0.2, 0.25) is 0 Å². The van der Waals surface area contributed by atoms with Crippen LogP contribution in [0.1, 0.15) is 10.7 Å². The van der Waals surface area contributed by atoms with E-state index in [0.717, 1.165) is 27.9 Å². The number of nitrogens with two attached hydrogens (primary N) is 1. The number of thiocarbonyl (C=S) groups is 1. The molecule has 0 atom stereocenters. The number of aromatic nitrogens is 2. The van der Waals surface area contributed by atoms with E-state index in [1.165, 1.54) is 4.88 Å². The van der Waals surface area contributed by atoms with Crippen LogP contribution in [0.3, 0.4) is 0 Å². The van der Waals surface area contributed by atoms with Gasteiger partial charge in [0, 0.05) is 9.35 Å². The zero-order valence-corrected chi connectivity index (χ0v) is 13.8. The Morgan fingerprint density at radius 1 is 1.35 bits per heavy atom. The summed E-state index contributed by atoms with van der Waals surface area (Å²) in [5.41, 5.74) is 7.78. The summed E-state index contributed by atoms with van der Waals surface area (Å²) in [7, 11) is 0. The van der Waals surface area contributed by atoms with Crippen LogP contribution in [0.5, 0.6) is 0 Å². The molecule has 3 rings (SSSR count). The predicted octanol–water partition coefficient (Wildman–Crippen LogP) is 3.74. The highest BCUT2D eigenvalue weighted by atomic mass is 79.9. The molecule has 0 saturated heterocycles. The number of hydrogen-bond acceptors (Lipinski definition) is 3. The Bertz CT molecular complexity index is 776. The Balaban J connectivity index is 2.10. The summed E-state index contributed by atoms with van der Waals surface area (Å²) in [6.45, 7) is 0.775. The fourth-order valence-corrected chi connectivity index (χ4v) is 3.77. The van der Waals surface area contributed by atoms with E-state index in [0.29, 0.717) is 11.4 Å². The summed E-state index contributed by atoms with van der Waals surface area (Å²) >= 11 is 10.3. The van der Waals surface area contributed by atoms with E-state index >= 15 is 0 Å². The van der Waals surface area contributed by atoms with Gasteiger partial charge in [-0.25, -0.2) is 4.98 Å². The van der Waals surface area contributed by atoms with Crippen molar-refractivity contribution in [3.63, 3.8) is 0 Å². The zero-order valence-electron chi connectivity index (χ0n) is 10.5. The maximum Gasteiger partial charge on any atom is 0.117 e. The molecule has 6 heteroatoms. The van der Waals surface area contributed by atoms with Crippen molar-refractivity contribution in [2.24, 2.45) is 5.73 Å². The average molecular weight is 366 g/mol. The molecule has 0 saturated carbocycles. The lowest BCUT2D eigenvalue weighted by molar-refractivity contribution is 0.782. The average Bonchev–Trinajstić information content (AvgIpc) is 2.95. The molecule has 0 unspecified atom stereocenters. The third-order valence-corrected chi connectivity index (χ3v) is 5.11. The van der Waals surface area contributed by atoms with Crippen molar-refractivity contribution in [1.29, 1.82) is 0 Å². The van der Waals surface area contributed by atoms with Gasteiger partial charge in [-0.15, -0.1) is 11.3 Å². The molecule has 0 radical (unpaired) electrons. The molecule has 0 fully saturated rings. The van der Waals surface area contributed by atoms with Crippen LogP contribution in [0.15, 0.2) is 40.2 Å². The summed E-state index contributed by atoms with van der Waals surface area (Å²) in [4.78, 5) is 6.37. The first-order valence-electron chi connectivity index (χ1n) is 6.09. The van der Waals surface area contributed by atoms with Gasteiger partial charge >= 0.3 is 0 Å². The van der Waals surface area contributed by atoms with Gasteiger partial charge in [0.1, 0.15) is 5.82 Å². The molecule has 3 aromatic rings. The number of para-hydroxylation sites is 2. The van der Waals surface area contributed by atoms with Gasteiger partial charge in [-0.1, -0.05) is 24.4 Å². The Labute approximate surface area is 134 Å². The maximum atomic E-state index is 5.69. The second-order valence-corrected chi connectivity index (χ2v) is 6.82. The molecule has 2 heterocycles. The first-order valence-corrected chi connectivity index (χ1v) is 8.17. The van der Waals surface area contributed by atoms with Gasteiger partial charge in [-0.3, -0.25) is 0 Å². The fourth-order valence-electron chi connectivity index (χ4n) is 2.17. The van der Waals surface area contributed by atoms with E-state index < -0.39 is 0 Å². The van der Waals surface area contributed by atoms with Crippen LogP contribution in [0.25, 0.3) is 11.0 Å². The molecular formula is C14H12BrN3S2. The third kappa shape index (κ3) is 2.63. The lowest BCUT2D eigenvalue weighted by Gasteiger charge is -2.08. The van der Waals surface area contributed by atoms with Crippen LogP contribution in [0, 0.1) is 0 Å². The highest BCUT2D eigenvalue weighted by Gasteiger charge is 2.13. The molecule has 2 aromatic heterocycles. The minimum Gasteiger partial charge on any atom is -0.393 e. The van der Waals surface area contributed by atoms with E-state index in [4.69, 9.17) is 18.0 Å². The summed E-state index contributed by atoms with van der Waals surface area (Å²) in [6, 6.07) is 10.2. The van der Waals surface area contributed by atoms with Gasteiger partial charge in [0.2, 0.25) is 0 Å². The largest absolute Gasteiger partial charge is 0.393 e. The predicted molar refractivity (Wildman–Crippen MR) is 91.3 cm³/mol.